The van der Waals surface area contributed by atoms with Crippen molar-refractivity contribution in [3.8, 4) is 0 Å². The number of carbonyl (C=O) groups is 1. The van der Waals surface area contributed by atoms with Crippen LogP contribution in [0.25, 0.3) is 11.0 Å². The molecule has 1 heterocycles. The molecule has 0 saturated heterocycles. The molecule has 33 heavy (non-hydrogen) atoms. The first-order valence-corrected chi connectivity index (χ1v) is 13.0. The number of carbonyl (C=O) groups excluding carboxylic acids is 1. The highest BCUT2D eigenvalue weighted by Gasteiger charge is 2.27. The lowest BCUT2D eigenvalue weighted by Crippen LogP contribution is -2.16. The van der Waals surface area contributed by atoms with Crippen LogP contribution in [0.4, 0.5) is 0 Å². The van der Waals surface area contributed by atoms with E-state index < -0.39 is 0 Å². The van der Waals surface area contributed by atoms with E-state index in [0.717, 1.165) is 22.2 Å². The fourth-order valence-electron chi connectivity index (χ4n) is 5.81. The van der Waals surface area contributed by atoms with E-state index in [-0.39, 0.29) is 5.78 Å². The van der Waals surface area contributed by atoms with Crippen molar-refractivity contribution >= 4 is 16.8 Å². The molecule has 2 aromatic carbocycles. The van der Waals surface area contributed by atoms with Crippen molar-refractivity contribution in [3.63, 3.8) is 0 Å². The summed E-state index contributed by atoms with van der Waals surface area (Å²) in [5, 5.41) is 0. The van der Waals surface area contributed by atoms with Crippen LogP contribution in [-0.2, 0) is 17.6 Å². The zero-order valence-electron chi connectivity index (χ0n) is 20.0. The Morgan fingerprint density at radius 2 is 1.21 bits per heavy atom. The van der Waals surface area contributed by atoms with Gasteiger partial charge in [0.15, 0.2) is 0 Å². The standard InChI is InChI=1S/C30H36N2O/c1-21-12-14-22(15-13-21)18-26(33)19-23-16-17-27-28(20-23)32-30(25-10-6-3-7-11-25)29(31-27)24-8-4-2-5-9-24/h12-17,20,24-25H,2-11,18-19H2,1H3. The molecule has 5 rings (SSSR count). The van der Waals surface area contributed by atoms with Crippen LogP contribution in [0.2, 0.25) is 0 Å². The van der Waals surface area contributed by atoms with E-state index in [4.69, 9.17) is 9.97 Å². The van der Waals surface area contributed by atoms with Crippen LogP contribution in [0.5, 0.6) is 0 Å². The number of benzene rings is 2. The number of aromatic nitrogens is 2. The van der Waals surface area contributed by atoms with Gasteiger partial charge >= 0.3 is 0 Å². The van der Waals surface area contributed by atoms with Gasteiger partial charge < -0.3 is 0 Å². The molecule has 3 nitrogen and oxygen atoms in total. The van der Waals surface area contributed by atoms with E-state index in [1.54, 1.807) is 0 Å². The Bertz CT molecular complexity index is 1110. The lowest BCUT2D eigenvalue weighted by molar-refractivity contribution is -0.117. The van der Waals surface area contributed by atoms with Crippen LogP contribution in [0.1, 0.15) is 104 Å². The molecule has 0 atom stereocenters. The first-order valence-electron chi connectivity index (χ1n) is 13.0. The van der Waals surface area contributed by atoms with Gasteiger partial charge in [0, 0.05) is 24.7 Å². The quantitative estimate of drug-likeness (QED) is 0.401. The Morgan fingerprint density at radius 1 is 0.697 bits per heavy atom. The molecule has 2 aliphatic carbocycles. The average molecular weight is 441 g/mol. The van der Waals surface area contributed by atoms with E-state index in [1.165, 1.54) is 81.2 Å². The normalized spacial score (nSPS) is 18.0. The molecule has 0 aliphatic heterocycles. The molecule has 2 fully saturated rings. The van der Waals surface area contributed by atoms with E-state index in [2.05, 4.69) is 49.4 Å². The summed E-state index contributed by atoms with van der Waals surface area (Å²) in [6.45, 7) is 2.07. The maximum absolute atomic E-state index is 12.7. The number of Topliss-reactive ketones (excluding diaryl/α,β-unsaturated/α-hetero) is 1. The number of ketones is 1. The van der Waals surface area contributed by atoms with Gasteiger partial charge in [-0.05, 0) is 55.9 Å². The molecule has 0 spiro atoms. The van der Waals surface area contributed by atoms with Crippen LogP contribution in [0, 0.1) is 6.92 Å². The van der Waals surface area contributed by atoms with Gasteiger partial charge in [-0.2, -0.15) is 0 Å². The number of aryl methyl sites for hydroxylation is 1. The van der Waals surface area contributed by atoms with Crippen LogP contribution in [0.3, 0.4) is 0 Å². The second kappa shape index (κ2) is 10.2. The maximum Gasteiger partial charge on any atom is 0.141 e. The van der Waals surface area contributed by atoms with Gasteiger partial charge in [-0.15, -0.1) is 0 Å². The van der Waals surface area contributed by atoms with Gasteiger partial charge in [0.05, 0.1) is 22.4 Å². The maximum atomic E-state index is 12.7. The molecule has 0 N–H and O–H groups in total. The highest BCUT2D eigenvalue weighted by Crippen LogP contribution is 2.40. The van der Waals surface area contributed by atoms with Crippen LogP contribution in [-0.4, -0.2) is 15.8 Å². The van der Waals surface area contributed by atoms with Crippen molar-refractivity contribution in [1.82, 2.24) is 9.97 Å². The summed E-state index contributed by atoms with van der Waals surface area (Å²) in [7, 11) is 0. The largest absolute Gasteiger partial charge is 0.299 e. The summed E-state index contributed by atoms with van der Waals surface area (Å²) in [5.41, 5.74) is 7.88. The Balaban J connectivity index is 1.41. The molecule has 0 amide bonds. The lowest BCUT2D eigenvalue weighted by atomic mass is 9.80. The number of hydrogen-bond acceptors (Lipinski definition) is 3. The molecular weight excluding hydrogens is 404 g/mol. The van der Waals surface area contributed by atoms with Gasteiger partial charge in [-0.3, -0.25) is 4.79 Å². The van der Waals surface area contributed by atoms with Crippen LogP contribution in [0.15, 0.2) is 42.5 Å². The molecule has 2 saturated carbocycles. The van der Waals surface area contributed by atoms with Gasteiger partial charge in [0.2, 0.25) is 0 Å². The van der Waals surface area contributed by atoms with E-state index >= 15 is 0 Å². The van der Waals surface area contributed by atoms with Crippen LogP contribution >= 0.6 is 0 Å². The van der Waals surface area contributed by atoms with Crippen molar-refractivity contribution in [1.29, 1.82) is 0 Å². The highest BCUT2D eigenvalue weighted by atomic mass is 16.1. The second-order valence-electron chi connectivity index (χ2n) is 10.4. The predicted molar refractivity (Wildman–Crippen MR) is 135 cm³/mol. The van der Waals surface area contributed by atoms with E-state index in [9.17, 15) is 4.79 Å². The molecule has 0 unspecified atom stereocenters. The third kappa shape index (κ3) is 5.34. The van der Waals surface area contributed by atoms with Gasteiger partial charge in [0.1, 0.15) is 5.78 Å². The van der Waals surface area contributed by atoms with Gasteiger partial charge in [0.25, 0.3) is 0 Å². The van der Waals surface area contributed by atoms with Crippen molar-refractivity contribution in [2.45, 2.75) is 95.8 Å². The van der Waals surface area contributed by atoms with E-state index in [0.29, 0.717) is 24.7 Å². The van der Waals surface area contributed by atoms with Crippen molar-refractivity contribution in [2.24, 2.45) is 0 Å². The Hall–Kier alpha value is -2.55. The number of nitrogens with zero attached hydrogens (tertiary/aromatic N) is 2. The molecule has 2 aliphatic rings. The fraction of sp³-hybridized carbons (Fsp3) is 0.500. The molecule has 0 bridgehead atoms. The third-order valence-electron chi connectivity index (χ3n) is 7.69. The lowest BCUT2D eigenvalue weighted by Gasteiger charge is -2.28. The minimum absolute atomic E-state index is 0.248. The first kappa shape index (κ1) is 22.3. The smallest absolute Gasteiger partial charge is 0.141 e. The summed E-state index contributed by atoms with van der Waals surface area (Å²) >= 11 is 0. The van der Waals surface area contributed by atoms with Gasteiger partial charge in [-0.1, -0.05) is 74.4 Å². The highest BCUT2D eigenvalue weighted by molar-refractivity contribution is 5.84. The van der Waals surface area contributed by atoms with Crippen molar-refractivity contribution in [3.05, 3.63) is 70.5 Å². The van der Waals surface area contributed by atoms with Crippen molar-refractivity contribution < 1.29 is 4.79 Å². The van der Waals surface area contributed by atoms with E-state index in [1.807, 2.05) is 0 Å². The Kier molecular flexibility index (Phi) is 6.85. The molecular formula is C30H36N2O. The summed E-state index contributed by atoms with van der Waals surface area (Å²) in [6.07, 6.45) is 13.9. The van der Waals surface area contributed by atoms with Gasteiger partial charge in [-0.25, -0.2) is 9.97 Å². The first-order chi connectivity index (χ1) is 16.2. The Morgan fingerprint density at radius 3 is 1.82 bits per heavy atom. The SMILES string of the molecule is Cc1ccc(CC(=O)Cc2ccc3nc(C4CCCCC4)c(C4CCCCC4)nc3c2)cc1. The summed E-state index contributed by atoms with van der Waals surface area (Å²) in [5.74, 6) is 1.38. The third-order valence-corrected chi connectivity index (χ3v) is 7.69. The summed E-state index contributed by atoms with van der Waals surface area (Å²) in [6, 6.07) is 14.6. The molecule has 3 aromatic rings. The fourth-order valence-corrected chi connectivity index (χ4v) is 5.81. The number of rotatable bonds is 6. The average Bonchev–Trinajstić information content (AvgIpc) is 2.85. The zero-order chi connectivity index (χ0) is 22.6. The minimum Gasteiger partial charge on any atom is -0.299 e. The topological polar surface area (TPSA) is 42.9 Å². The molecule has 3 heteroatoms. The molecule has 172 valence electrons. The second-order valence-corrected chi connectivity index (χ2v) is 10.4. The van der Waals surface area contributed by atoms with Crippen LogP contribution < -0.4 is 0 Å². The summed E-state index contributed by atoms with van der Waals surface area (Å²) < 4.78 is 0. The van der Waals surface area contributed by atoms with Crippen molar-refractivity contribution in [2.75, 3.05) is 0 Å². The zero-order valence-corrected chi connectivity index (χ0v) is 20.0. The monoisotopic (exact) mass is 440 g/mol. The predicted octanol–water partition coefficient (Wildman–Crippen LogP) is 7.39. The Labute approximate surface area is 198 Å². The summed E-state index contributed by atoms with van der Waals surface area (Å²) in [4.78, 5) is 23.2. The number of hydrogen-bond donors (Lipinski definition) is 0. The minimum atomic E-state index is 0.248. The molecule has 0 radical (unpaired) electrons. The number of fused-ring (bicyclic) bond motifs is 1. The molecule has 1 aromatic heterocycles.